The number of hydrogen-bond donors (Lipinski definition) is 1. The van der Waals surface area contributed by atoms with E-state index in [0.717, 1.165) is 5.56 Å². The molecule has 0 aliphatic rings. The van der Waals surface area contributed by atoms with Gasteiger partial charge in [0.2, 0.25) is 0 Å². The molecule has 0 spiro atoms. The minimum absolute atomic E-state index is 0.398. The summed E-state index contributed by atoms with van der Waals surface area (Å²) in [6.45, 7) is 3.38. The molecule has 2 aromatic rings. The van der Waals surface area contributed by atoms with Crippen LogP contribution in [0.3, 0.4) is 0 Å². The highest BCUT2D eigenvalue weighted by Gasteiger charge is 2.20. The third kappa shape index (κ3) is 4.06. The molecular weight excluding hydrogens is 310 g/mol. The summed E-state index contributed by atoms with van der Waals surface area (Å²) in [7, 11) is 0. The summed E-state index contributed by atoms with van der Waals surface area (Å²) in [4.78, 5) is 24.3. The van der Waals surface area contributed by atoms with E-state index in [4.69, 9.17) is 16.3 Å². The van der Waals surface area contributed by atoms with Crippen molar-refractivity contribution in [1.29, 1.82) is 0 Å². The second-order valence-corrected chi connectivity index (χ2v) is 5.86. The Kier molecular flexibility index (Phi) is 4.98. The Labute approximate surface area is 131 Å². The Balaban J connectivity index is 1.99. The summed E-state index contributed by atoms with van der Waals surface area (Å²) in [5.74, 6) is -0.902. The minimum Gasteiger partial charge on any atom is -0.448 e. The predicted molar refractivity (Wildman–Crippen MR) is 84.0 cm³/mol. The van der Waals surface area contributed by atoms with Crippen LogP contribution in [-0.4, -0.2) is 18.0 Å². The lowest BCUT2D eigenvalue weighted by molar-refractivity contribution is -0.123. The molecular formula is C15H14ClNO3S. The second-order valence-electron chi connectivity index (χ2n) is 4.47. The SMILES string of the molecule is Cc1ccc(Cl)cc1NC(=O)[C@H](C)OC(=O)c1cccs1. The molecule has 4 nitrogen and oxygen atoms in total. The number of amides is 1. The third-order valence-corrected chi connectivity index (χ3v) is 3.92. The molecule has 1 N–H and O–H groups in total. The lowest BCUT2D eigenvalue weighted by atomic mass is 10.2. The maximum atomic E-state index is 12.1. The maximum absolute atomic E-state index is 12.1. The average molecular weight is 324 g/mol. The van der Waals surface area contributed by atoms with Gasteiger partial charge in [0.25, 0.3) is 5.91 Å². The third-order valence-electron chi connectivity index (χ3n) is 2.83. The van der Waals surface area contributed by atoms with E-state index in [0.29, 0.717) is 15.6 Å². The molecule has 1 aromatic carbocycles. The largest absolute Gasteiger partial charge is 0.448 e. The number of rotatable bonds is 4. The van der Waals surface area contributed by atoms with Crippen molar-refractivity contribution in [3.8, 4) is 0 Å². The monoisotopic (exact) mass is 323 g/mol. The van der Waals surface area contributed by atoms with Gasteiger partial charge in [-0.1, -0.05) is 23.7 Å². The van der Waals surface area contributed by atoms with Crippen LogP contribution in [0.25, 0.3) is 0 Å². The van der Waals surface area contributed by atoms with Gasteiger partial charge < -0.3 is 10.1 Å². The molecule has 0 saturated heterocycles. The number of benzene rings is 1. The van der Waals surface area contributed by atoms with E-state index >= 15 is 0 Å². The zero-order chi connectivity index (χ0) is 15.4. The van der Waals surface area contributed by atoms with E-state index in [1.165, 1.54) is 18.3 Å². The quantitative estimate of drug-likeness (QED) is 0.868. The number of thiophene rings is 1. The van der Waals surface area contributed by atoms with Crippen molar-refractivity contribution < 1.29 is 14.3 Å². The summed E-state index contributed by atoms with van der Waals surface area (Å²) in [6.07, 6.45) is -0.891. The topological polar surface area (TPSA) is 55.4 Å². The number of anilines is 1. The van der Waals surface area contributed by atoms with Crippen LogP contribution < -0.4 is 5.32 Å². The molecule has 110 valence electrons. The van der Waals surface area contributed by atoms with E-state index < -0.39 is 18.0 Å². The summed E-state index contributed by atoms with van der Waals surface area (Å²) in [5.41, 5.74) is 1.48. The Morgan fingerprint density at radius 1 is 1.33 bits per heavy atom. The number of carbonyl (C=O) groups is 2. The smallest absolute Gasteiger partial charge is 0.349 e. The van der Waals surface area contributed by atoms with E-state index in [1.54, 1.807) is 35.7 Å². The Bertz CT molecular complexity index is 655. The van der Waals surface area contributed by atoms with Crippen molar-refractivity contribution in [2.45, 2.75) is 20.0 Å². The standard InChI is InChI=1S/C15H14ClNO3S/c1-9-5-6-11(16)8-12(9)17-14(18)10(2)20-15(19)13-4-3-7-21-13/h3-8,10H,1-2H3,(H,17,18)/t10-/m0/s1. The highest BCUT2D eigenvalue weighted by Crippen LogP contribution is 2.20. The maximum Gasteiger partial charge on any atom is 0.349 e. The van der Waals surface area contributed by atoms with Crippen molar-refractivity contribution >= 4 is 40.5 Å². The first-order valence-electron chi connectivity index (χ1n) is 6.29. The van der Waals surface area contributed by atoms with Crippen LogP contribution in [0.1, 0.15) is 22.2 Å². The molecule has 0 fully saturated rings. The fraction of sp³-hybridized carbons (Fsp3) is 0.200. The Hall–Kier alpha value is -1.85. The van der Waals surface area contributed by atoms with Crippen molar-refractivity contribution in [3.63, 3.8) is 0 Å². The lowest BCUT2D eigenvalue weighted by Gasteiger charge is -2.14. The van der Waals surface area contributed by atoms with E-state index in [9.17, 15) is 9.59 Å². The van der Waals surface area contributed by atoms with Crippen LogP contribution in [0.5, 0.6) is 0 Å². The molecule has 0 aliphatic carbocycles. The van der Waals surface area contributed by atoms with Crippen LogP contribution in [0.2, 0.25) is 5.02 Å². The number of halogens is 1. The van der Waals surface area contributed by atoms with E-state index in [1.807, 2.05) is 6.92 Å². The number of carbonyl (C=O) groups excluding carboxylic acids is 2. The van der Waals surface area contributed by atoms with Crippen LogP contribution in [0.15, 0.2) is 35.7 Å². The fourth-order valence-electron chi connectivity index (χ4n) is 1.63. The summed E-state index contributed by atoms with van der Waals surface area (Å²) < 4.78 is 5.13. The molecule has 0 saturated carbocycles. The van der Waals surface area contributed by atoms with Crippen LogP contribution in [0, 0.1) is 6.92 Å². The zero-order valence-corrected chi connectivity index (χ0v) is 13.1. The van der Waals surface area contributed by atoms with E-state index in [-0.39, 0.29) is 0 Å². The molecule has 0 bridgehead atoms. The van der Waals surface area contributed by atoms with Gasteiger partial charge in [-0.05, 0) is 43.0 Å². The molecule has 1 heterocycles. The number of hydrogen-bond acceptors (Lipinski definition) is 4. The van der Waals surface area contributed by atoms with Gasteiger partial charge in [0.05, 0.1) is 0 Å². The van der Waals surface area contributed by atoms with Crippen molar-refractivity contribution in [2.75, 3.05) is 5.32 Å². The van der Waals surface area contributed by atoms with Gasteiger partial charge >= 0.3 is 5.97 Å². The summed E-state index contributed by atoms with van der Waals surface area (Å²) in [6, 6.07) is 8.61. The van der Waals surface area contributed by atoms with Gasteiger partial charge in [-0.15, -0.1) is 11.3 Å². The number of ether oxygens (including phenoxy) is 1. The average Bonchev–Trinajstić information content (AvgIpc) is 2.97. The summed E-state index contributed by atoms with van der Waals surface area (Å²) in [5, 5.41) is 5.01. The summed E-state index contributed by atoms with van der Waals surface area (Å²) >= 11 is 7.17. The van der Waals surface area contributed by atoms with Gasteiger partial charge in [0, 0.05) is 10.7 Å². The molecule has 6 heteroatoms. The predicted octanol–water partition coefficient (Wildman–Crippen LogP) is 3.89. The molecule has 2 rings (SSSR count). The normalized spacial score (nSPS) is 11.8. The Morgan fingerprint density at radius 2 is 2.10 bits per heavy atom. The molecule has 0 radical (unpaired) electrons. The van der Waals surface area contributed by atoms with Gasteiger partial charge in [-0.25, -0.2) is 4.79 Å². The van der Waals surface area contributed by atoms with Crippen molar-refractivity contribution in [2.24, 2.45) is 0 Å². The molecule has 1 atom stereocenters. The zero-order valence-electron chi connectivity index (χ0n) is 11.6. The number of esters is 1. The van der Waals surface area contributed by atoms with Crippen LogP contribution in [0.4, 0.5) is 5.69 Å². The molecule has 21 heavy (non-hydrogen) atoms. The first kappa shape index (κ1) is 15.5. The van der Waals surface area contributed by atoms with Gasteiger partial charge in [-0.2, -0.15) is 0 Å². The van der Waals surface area contributed by atoms with Crippen LogP contribution >= 0.6 is 22.9 Å². The highest BCUT2D eigenvalue weighted by atomic mass is 35.5. The second kappa shape index (κ2) is 6.74. The van der Waals surface area contributed by atoms with Gasteiger partial charge in [0.1, 0.15) is 4.88 Å². The molecule has 1 amide bonds. The first-order valence-corrected chi connectivity index (χ1v) is 7.54. The fourth-order valence-corrected chi connectivity index (χ4v) is 2.41. The molecule has 0 aliphatic heterocycles. The number of aryl methyl sites for hydroxylation is 1. The lowest BCUT2D eigenvalue weighted by Crippen LogP contribution is -2.30. The van der Waals surface area contributed by atoms with Crippen molar-refractivity contribution in [1.82, 2.24) is 0 Å². The minimum atomic E-state index is -0.891. The molecule has 0 unspecified atom stereocenters. The highest BCUT2D eigenvalue weighted by molar-refractivity contribution is 7.11. The Morgan fingerprint density at radius 3 is 2.76 bits per heavy atom. The first-order chi connectivity index (χ1) is 9.97. The van der Waals surface area contributed by atoms with Gasteiger partial charge in [0.15, 0.2) is 6.10 Å². The van der Waals surface area contributed by atoms with Gasteiger partial charge in [-0.3, -0.25) is 4.79 Å². The van der Waals surface area contributed by atoms with E-state index in [2.05, 4.69) is 5.32 Å². The molecule has 1 aromatic heterocycles. The number of nitrogens with one attached hydrogen (secondary N) is 1. The van der Waals surface area contributed by atoms with Crippen LogP contribution in [-0.2, 0) is 9.53 Å². The van der Waals surface area contributed by atoms with Crippen molar-refractivity contribution in [3.05, 3.63) is 51.2 Å².